The molecular weight excluding hydrogens is 272 g/mol. The number of hydrogen-bond acceptors (Lipinski definition) is 4. The number of hydrogen-bond donors (Lipinski definition) is 0. The first-order valence-electron chi connectivity index (χ1n) is 7.49. The Balaban J connectivity index is 2.00. The monoisotopic (exact) mass is 294 g/mol. The molecule has 0 aromatic rings. The fourth-order valence-corrected chi connectivity index (χ4v) is 4.07. The average molecular weight is 294 g/mol. The summed E-state index contributed by atoms with van der Waals surface area (Å²) in [6.07, 6.45) is 11.9. The third-order valence-electron chi connectivity index (χ3n) is 4.83. The standard InChI is InChI=1S/C15H22N2S2/c18-10-16-14-8-7-13(9-15(14)17-11-19)12-5-3-1-2-4-6-12/h12-15H,1-9H2. The van der Waals surface area contributed by atoms with Gasteiger partial charge in [-0.15, -0.1) is 0 Å². The molecule has 0 spiro atoms. The van der Waals surface area contributed by atoms with Gasteiger partial charge in [0.15, 0.2) is 0 Å². The van der Waals surface area contributed by atoms with Crippen LogP contribution in [0.1, 0.15) is 57.8 Å². The molecule has 3 atom stereocenters. The van der Waals surface area contributed by atoms with Gasteiger partial charge in [0.2, 0.25) is 0 Å². The summed E-state index contributed by atoms with van der Waals surface area (Å²) >= 11 is 9.52. The molecule has 0 bridgehead atoms. The van der Waals surface area contributed by atoms with Crippen LogP contribution in [0.3, 0.4) is 0 Å². The van der Waals surface area contributed by atoms with Crippen molar-refractivity contribution in [2.45, 2.75) is 69.9 Å². The zero-order valence-electron chi connectivity index (χ0n) is 11.4. The van der Waals surface area contributed by atoms with E-state index in [0.29, 0.717) is 0 Å². The zero-order chi connectivity index (χ0) is 13.5. The number of aliphatic imine (C=N–C) groups is 2. The van der Waals surface area contributed by atoms with E-state index >= 15 is 0 Å². The fourth-order valence-electron chi connectivity index (χ4n) is 3.80. The predicted octanol–water partition coefficient (Wildman–Crippen LogP) is 4.70. The summed E-state index contributed by atoms with van der Waals surface area (Å²) < 4.78 is 0. The smallest absolute Gasteiger partial charge is 0.0836 e. The van der Waals surface area contributed by atoms with Gasteiger partial charge in [0, 0.05) is 0 Å². The van der Waals surface area contributed by atoms with Crippen LogP contribution in [0.5, 0.6) is 0 Å². The summed E-state index contributed by atoms with van der Waals surface area (Å²) in [5, 5.41) is 5.06. The van der Waals surface area contributed by atoms with Crippen LogP contribution in [-0.2, 0) is 0 Å². The van der Waals surface area contributed by atoms with Gasteiger partial charge in [-0.2, -0.15) is 0 Å². The molecular formula is C15H22N2S2. The van der Waals surface area contributed by atoms with E-state index in [1.165, 1.54) is 44.9 Å². The van der Waals surface area contributed by atoms with Crippen LogP contribution in [0, 0.1) is 11.8 Å². The van der Waals surface area contributed by atoms with Gasteiger partial charge in [0.05, 0.1) is 22.4 Å². The van der Waals surface area contributed by atoms with Gasteiger partial charge in [0.25, 0.3) is 0 Å². The largest absolute Gasteiger partial charge is 0.227 e. The van der Waals surface area contributed by atoms with Crippen LogP contribution < -0.4 is 0 Å². The second kappa shape index (κ2) is 8.01. The third kappa shape index (κ3) is 4.29. The number of isothiocyanates is 2. The highest BCUT2D eigenvalue weighted by Gasteiger charge is 2.34. The van der Waals surface area contributed by atoms with Crippen LogP contribution in [0.4, 0.5) is 0 Å². The van der Waals surface area contributed by atoms with E-state index in [2.05, 4.69) is 20.3 Å². The molecule has 2 rings (SSSR count). The molecule has 2 aliphatic carbocycles. The molecule has 4 heteroatoms. The van der Waals surface area contributed by atoms with Gasteiger partial charge in [-0.3, -0.25) is 0 Å². The van der Waals surface area contributed by atoms with E-state index in [1.807, 2.05) is 0 Å². The molecule has 0 radical (unpaired) electrons. The average Bonchev–Trinajstić information content (AvgIpc) is 2.70. The Labute approximate surface area is 126 Å². The molecule has 0 aromatic carbocycles. The molecule has 0 amide bonds. The Morgan fingerprint density at radius 3 is 1.95 bits per heavy atom. The zero-order valence-corrected chi connectivity index (χ0v) is 13.0. The van der Waals surface area contributed by atoms with Crippen molar-refractivity contribution in [3.63, 3.8) is 0 Å². The van der Waals surface area contributed by atoms with Crippen LogP contribution >= 0.6 is 24.4 Å². The first-order valence-corrected chi connectivity index (χ1v) is 8.30. The summed E-state index contributed by atoms with van der Waals surface area (Å²) in [5.41, 5.74) is 0. The van der Waals surface area contributed by atoms with Crippen molar-refractivity contribution in [2.24, 2.45) is 21.8 Å². The number of thiocarbonyl (C=S) groups is 2. The Bertz CT molecular complexity index is 376. The Hall–Kier alpha value is -0.400. The van der Waals surface area contributed by atoms with Crippen LogP contribution in [0.25, 0.3) is 0 Å². The predicted molar refractivity (Wildman–Crippen MR) is 86.2 cm³/mol. The molecule has 0 heterocycles. The summed E-state index contributed by atoms with van der Waals surface area (Å²) in [4.78, 5) is 8.60. The number of nitrogens with zero attached hydrogens (tertiary/aromatic N) is 2. The van der Waals surface area contributed by atoms with Gasteiger partial charge in [-0.05, 0) is 55.5 Å². The summed E-state index contributed by atoms with van der Waals surface area (Å²) in [6, 6.07) is 0.380. The lowest BCUT2D eigenvalue weighted by Crippen LogP contribution is -2.34. The number of rotatable bonds is 3. The molecule has 2 saturated carbocycles. The highest BCUT2D eigenvalue weighted by Crippen LogP contribution is 2.39. The van der Waals surface area contributed by atoms with Crippen LogP contribution in [-0.4, -0.2) is 22.4 Å². The molecule has 2 nitrogen and oxygen atoms in total. The lowest BCUT2D eigenvalue weighted by atomic mass is 9.73. The van der Waals surface area contributed by atoms with Crippen LogP contribution in [0.15, 0.2) is 9.98 Å². The molecule has 3 unspecified atom stereocenters. The maximum atomic E-state index is 4.78. The minimum absolute atomic E-state index is 0.190. The maximum Gasteiger partial charge on any atom is 0.0836 e. The van der Waals surface area contributed by atoms with Gasteiger partial charge in [-0.1, -0.05) is 38.5 Å². The Morgan fingerprint density at radius 1 is 0.684 bits per heavy atom. The molecule has 104 valence electrons. The lowest BCUT2D eigenvalue weighted by molar-refractivity contribution is 0.198. The van der Waals surface area contributed by atoms with Gasteiger partial charge in [0.1, 0.15) is 0 Å². The lowest BCUT2D eigenvalue weighted by Gasteiger charge is -2.35. The summed E-state index contributed by atoms with van der Waals surface area (Å²) in [7, 11) is 0. The molecule has 2 fully saturated rings. The van der Waals surface area contributed by atoms with Crippen molar-refractivity contribution >= 4 is 34.8 Å². The Morgan fingerprint density at radius 2 is 1.32 bits per heavy atom. The second-order valence-corrected chi connectivity index (χ2v) is 6.27. The van der Waals surface area contributed by atoms with Crippen molar-refractivity contribution in [1.29, 1.82) is 0 Å². The van der Waals surface area contributed by atoms with E-state index < -0.39 is 0 Å². The molecule has 0 saturated heterocycles. The maximum absolute atomic E-state index is 4.78. The SMILES string of the molecule is S=C=NC1CCC(C2CCCCCC2)CC1N=C=S. The minimum Gasteiger partial charge on any atom is -0.227 e. The first-order chi connectivity index (χ1) is 9.35. The van der Waals surface area contributed by atoms with Gasteiger partial charge < -0.3 is 0 Å². The molecule has 0 N–H and O–H groups in total. The van der Waals surface area contributed by atoms with Crippen LogP contribution in [0.2, 0.25) is 0 Å². The minimum atomic E-state index is 0.190. The van der Waals surface area contributed by atoms with Crippen molar-refractivity contribution < 1.29 is 0 Å². The summed E-state index contributed by atoms with van der Waals surface area (Å²) in [6.45, 7) is 0. The third-order valence-corrected chi connectivity index (χ3v) is 5.04. The Kier molecular flexibility index (Phi) is 6.33. The van der Waals surface area contributed by atoms with Gasteiger partial charge in [-0.25, -0.2) is 9.98 Å². The first kappa shape index (κ1) is 15.0. The van der Waals surface area contributed by atoms with E-state index in [9.17, 15) is 0 Å². The van der Waals surface area contributed by atoms with Gasteiger partial charge >= 0.3 is 0 Å². The highest BCUT2D eigenvalue weighted by atomic mass is 32.1. The van der Waals surface area contributed by atoms with Crippen molar-refractivity contribution in [3.05, 3.63) is 0 Å². The van der Waals surface area contributed by atoms with Crippen molar-refractivity contribution in [3.8, 4) is 0 Å². The normalized spacial score (nSPS) is 32.7. The summed E-state index contributed by atoms with van der Waals surface area (Å²) in [5.74, 6) is 1.69. The second-order valence-electron chi connectivity index (χ2n) is 5.90. The molecule has 19 heavy (non-hydrogen) atoms. The quantitative estimate of drug-likeness (QED) is 0.428. The highest BCUT2D eigenvalue weighted by molar-refractivity contribution is 7.78. The topological polar surface area (TPSA) is 24.7 Å². The molecule has 2 aliphatic rings. The van der Waals surface area contributed by atoms with E-state index in [4.69, 9.17) is 24.4 Å². The van der Waals surface area contributed by atoms with E-state index in [1.54, 1.807) is 0 Å². The molecule has 0 aliphatic heterocycles. The van der Waals surface area contributed by atoms with Crippen molar-refractivity contribution in [2.75, 3.05) is 0 Å². The molecule has 0 aromatic heterocycles. The van der Waals surface area contributed by atoms with E-state index in [-0.39, 0.29) is 12.1 Å². The van der Waals surface area contributed by atoms with E-state index in [0.717, 1.165) is 24.7 Å². The fraction of sp³-hybridized carbons (Fsp3) is 0.867. The van der Waals surface area contributed by atoms with Crippen molar-refractivity contribution in [1.82, 2.24) is 0 Å².